The van der Waals surface area contributed by atoms with E-state index in [-0.39, 0.29) is 16.3 Å². The first kappa shape index (κ1) is 13.5. The molecule has 0 bridgehead atoms. The molecular weight excluding hydrogens is 267 g/mol. The lowest BCUT2D eigenvalue weighted by molar-refractivity contribution is 0.594. The largest absolute Gasteiger partial charge is 0.398 e. The number of nitrogen functional groups attached to an aromatic ring is 1. The van der Waals surface area contributed by atoms with Crippen LogP contribution in [0.2, 0.25) is 0 Å². The molecule has 1 aromatic heterocycles. The van der Waals surface area contributed by atoms with Crippen molar-refractivity contribution in [2.45, 2.75) is 11.3 Å². The number of aryl methyl sites for hydroxylation is 1. The fraction of sp³-hybridized carbons (Fsp3) is 0.154. The Morgan fingerprint density at radius 1 is 1.16 bits per heavy atom. The van der Waals surface area contributed by atoms with Crippen LogP contribution in [0.25, 0.3) is 0 Å². The third-order valence-corrected chi connectivity index (χ3v) is 4.50. The minimum atomic E-state index is -3.52. The summed E-state index contributed by atoms with van der Waals surface area (Å²) in [4.78, 5) is 3.84. The van der Waals surface area contributed by atoms with E-state index in [2.05, 4.69) is 4.98 Å². The van der Waals surface area contributed by atoms with E-state index in [1.165, 1.54) is 6.07 Å². The maximum absolute atomic E-state index is 12.9. The Balaban J connectivity index is 2.19. The van der Waals surface area contributed by atoms with Crippen LogP contribution < -0.4 is 5.73 Å². The van der Waals surface area contributed by atoms with Gasteiger partial charge in [0.2, 0.25) is 0 Å². The number of nitrogens with zero attached hydrogens (tertiary/aromatic N) is 1. The van der Waals surface area contributed by atoms with Crippen LogP contribution in [0.1, 0.15) is 5.56 Å². The van der Waals surface area contributed by atoms with Crippen molar-refractivity contribution in [3.05, 3.63) is 54.1 Å². The standard InChI is InChI=1S/C13H13FN2O2S/c14-11-1-2-13(12(15)9-11)19(17,18)8-5-10-3-6-16-7-4-10/h1-4,6-7,9H,5,8,15H2. The summed E-state index contributed by atoms with van der Waals surface area (Å²) < 4.78 is 37.1. The number of rotatable bonds is 4. The van der Waals surface area contributed by atoms with Gasteiger partial charge in [0.15, 0.2) is 9.84 Å². The van der Waals surface area contributed by atoms with Crippen LogP contribution in [0.3, 0.4) is 0 Å². The quantitative estimate of drug-likeness (QED) is 0.685. The molecule has 4 nitrogen and oxygen atoms in total. The van der Waals surface area contributed by atoms with Crippen molar-refractivity contribution < 1.29 is 12.8 Å². The molecule has 0 unspecified atom stereocenters. The Morgan fingerprint density at radius 2 is 1.84 bits per heavy atom. The molecule has 2 aromatic rings. The summed E-state index contributed by atoms with van der Waals surface area (Å²) in [6.07, 6.45) is 3.57. The summed E-state index contributed by atoms with van der Waals surface area (Å²) in [5, 5.41) is 0. The van der Waals surface area contributed by atoms with Crippen LogP contribution in [0.4, 0.5) is 10.1 Å². The van der Waals surface area contributed by atoms with E-state index < -0.39 is 15.7 Å². The predicted octanol–water partition coefficient (Wildman–Crippen LogP) is 1.82. The number of nitrogens with two attached hydrogens (primary N) is 1. The van der Waals surface area contributed by atoms with Gasteiger partial charge in [0.05, 0.1) is 16.3 Å². The molecule has 0 radical (unpaired) electrons. The molecule has 0 aliphatic heterocycles. The lowest BCUT2D eigenvalue weighted by Crippen LogP contribution is -2.11. The molecule has 100 valence electrons. The second-order valence-electron chi connectivity index (χ2n) is 4.11. The summed E-state index contributed by atoms with van der Waals surface area (Å²) in [6.45, 7) is 0. The van der Waals surface area contributed by atoms with Gasteiger partial charge in [-0.3, -0.25) is 4.98 Å². The molecule has 6 heteroatoms. The first-order valence-corrected chi connectivity index (χ1v) is 7.31. The zero-order valence-electron chi connectivity index (χ0n) is 10.1. The third-order valence-electron chi connectivity index (χ3n) is 2.72. The summed E-state index contributed by atoms with van der Waals surface area (Å²) >= 11 is 0. The SMILES string of the molecule is Nc1cc(F)ccc1S(=O)(=O)CCc1ccncc1. The lowest BCUT2D eigenvalue weighted by atomic mass is 10.2. The first-order chi connectivity index (χ1) is 8.99. The Kier molecular flexibility index (Phi) is 3.80. The number of aromatic nitrogens is 1. The zero-order valence-corrected chi connectivity index (χ0v) is 10.9. The van der Waals surface area contributed by atoms with Crippen LogP contribution in [-0.4, -0.2) is 19.2 Å². The fourth-order valence-electron chi connectivity index (χ4n) is 1.71. The van der Waals surface area contributed by atoms with Gasteiger partial charge in [-0.15, -0.1) is 0 Å². The summed E-state index contributed by atoms with van der Waals surface area (Å²) in [6, 6.07) is 6.81. The van der Waals surface area contributed by atoms with Crippen molar-refractivity contribution in [3.8, 4) is 0 Å². The Labute approximate surface area is 111 Å². The number of hydrogen-bond acceptors (Lipinski definition) is 4. The second kappa shape index (κ2) is 5.36. The molecule has 1 heterocycles. The molecule has 0 spiro atoms. The molecular formula is C13H13FN2O2S. The number of anilines is 1. The van der Waals surface area contributed by atoms with Crippen molar-refractivity contribution in [1.82, 2.24) is 4.98 Å². The normalized spacial score (nSPS) is 11.4. The van der Waals surface area contributed by atoms with Crippen molar-refractivity contribution >= 4 is 15.5 Å². The topological polar surface area (TPSA) is 73.1 Å². The Bertz CT molecular complexity index is 672. The maximum atomic E-state index is 12.9. The minimum Gasteiger partial charge on any atom is -0.398 e. The summed E-state index contributed by atoms with van der Waals surface area (Å²) in [5.41, 5.74) is 6.36. The van der Waals surface area contributed by atoms with E-state index in [0.717, 1.165) is 17.7 Å². The average Bonchev–Trinajstić information content (AvgIpc) is 2.37. The molecule has 0 saturated carbocycles. The van der Waals surface area contributed by atoms with Gasteiger partial charge < -0.3 is 5.73 Å². The smallest absolute Gasteiger partial charge is 0.180 e. The Hall–Kier alpha value is -1.95. The number of halogens is 1. The van der Waals surface area contributed by atoms with Gasteiger partial charge in [0.1, 0.15) is 5.82 Å². The first-order valence-electron chi connectivity index (χ1n) is 5.66. The number of hydrogen-bond donors (Lipinski definition) is 1. The lowest BCUT2D eigenvalue weighted by Gasteiger charge is -2.07. The third kappa shape index (κ3) is 3.29. The number of benzene rings is 1. The molecule has 0 saturated heterocycles. The van der Waals surface area contributed by atoms with Gasteiger partial charge in [-0.1, -0.05) is 0 Å². The van der Waals surface area contributed by atoms with E-state index in [9.17, 15) is 12.8 Å². The van der Waals surface area contributed by atoms with E-state index in [0.29, 0.717) is 6.42 Å². The average molecular weight is 280 g/mol. The van der Waals surface area contributed by atoms with Crippen LogP contribution in [0.15, 0.2) is 47.6 Å². The zero-order chi connectivity index (χ0) is 13.9. The van der Waals surface area contributed by atoms with Crippen LogP contribution >= 0.6 is 0 Å². The molecule has 0 aliphatic rings. The van der Waals surface area contributed by atoms with E-state index in [4.69, 9.17) is 5.73 Å². The highest BCUT2D eigenvalue weighted by Crippen LogP contribution is 2.21. The molecule has 0 atom stereocenters. The maximum Gasteiger partial charge on any atom is 0.180 e. The molecule has 0 amide bonds. The van der Waals surface area contributed by atoms with Crippen molar-refractivity contribution in [3.63, 3.8) is 0 Å². The fourth-order valence-corrected chi connectivity index (χ4v) is 3.13. The van der Waals surface area contributed by atoms with Gasteiger partial charge in [0, 0.05) is 12.4 Å². The van der Waals surface area contributed by atoms with E-state index in [1.807, 2.05) is 0 Å². The highest BCUT2D eigenvalue weighted by atomic mass is 32.2. The molecule has 2 N–H and O–H groups in total. The Morgan fingerprint density at radius 3 is 2.47 bits per heavy atom. The van der Waals surface area contributed by atoms with Crippen molar-refractivity contribution in [2.75, 3.05) is 11.5 Å². The molecule has 2 rings (SSSR count). The van der Waals surface area contributed by atoms with Crippen LogP contribution in [0, 0.1) is 5.82 Å². The van der Waals surface area contributed by atoms with Gasteiger partial charge >= 0.3 is 0 Å². The predicted molar refractivity (Wildman–Crippen MR) is 70.8 cm³/mol. The van der Waals surface area contributed by atoms with Gasteiger partial charge in [-0.05, 0) is 42.3 Å². The number of sulfone groups is 1. The summed E-state index contributed by atoms with van der Waals surface area (Å²) in [5.74, 6) is -0.627. The van der Waals surface area contributed by atoms with E-state index >= 15 is 0 Å². The van der Waals surface area contributed by atoms with Gasteiger partial charge in [-0.25, -0.2) is 12.8 Å². The minimum absolute atomic E-state index is 0.0250. The second-order valence-corrected chi connectivity index (χ2v) is 6.18. The van der Waals surface area contributed by atoms with Gasteiger partial charge in [0.25, 0.3) is 0 Å². The number of pyridine rings is 1. The highest BCUT2D eigenvalue weighted by molar-refractivity contribution is 7.91. The summed E-state index contributed by atoms with van der Waals surface area (Å²) in [7, 11) is -3.52. The molecule has 0 fully saturated rings. The van der Waals surface area contributed by atoms with Crippen molar-refractivity contribution in [1.29, 1.82) is 0 Å². The van der Waals surface area contributed by atoms with E-state index in [1.54, 1.807) is 24.5 Å². The highest BCUT2D eigenvalue weighted by Gasteiger charge is 2.17. The van der Waals surface area contributed by atoms with Crippen LogP contribution in [-0.2, 0) is 16.3 Å². The van der Waals surface area contributed by atoms with Gasteiger partial charge in [-0.2, -0.15) is 0 Å². The van der Waals surface area contributed by atoms with Crippen LogP contribution in [0.5, 0.6) is 0 Å². The monoisotopic (exact) mass is 280 g/mol. The molecule has 1 aromatic carbocycles. The van der Waals surface area contributed by atoms with Crippen molar-refractivity contribution in [2.24, 2.45) is 0 Å². The molecule has 0 aliphatic carbocycles. The molecule has 19 heavy (non-hydrogen) atoms.